The molecular weight excluding hydrogens is 164 g/mol. The van der Waals surface area contributed by atoms with E-state index in [-0.39, 0.29) is 4.90 Å². The van der Waals surface area contributed by atoms with E-state index in [0.717, 1.165) is 0 Å². The lowest BCUT2D eigenvalue weighted by molar-refractivity contribution is 0.614. The van der Waals surface area contributed by atoms with Crippen molar-refractivity contribution >= 4 is 16.4 Å². The summed E-state index contributed by atoms with van der Waals surface area (Å²) in [5.74, 6) is 5.07. The molecule has 0 saturated carbocycles. The van der Waals surface area contributed by atoms with E-state index >= 15 is 0 Å². The lowest BCUT2D eigenvalue weighted by atomic mass is 10.3. The first kappa shape index (κ1) is 8.03. The summed E-state index contributed by atoms with van der Waals surface area (Å²) >= 11 is 0. The van der Waals surface area contributed by atoms with Gasteiger partial charge in [-0.2, -0.15) is 0 Å². The minimum atomic E-state index is -2.51. The fraction of sp³-hybridized carbons (Fsp3) is 0. The molecule has 60 valence electrons. The Bertz CT molecular complexity index is 314. The van der Waals surface area contributed by atoms with E-state index in [4.69, 9.17) is 5.84 Å². The second-order valence-corrected chi connectivity index (χ2v) is 2.98. The van der Waals surface area contributed by atoms with Gasteiger partial charge in [-0.05, 0) is 18.2 Å². The molecule has 1 aromatic rings. The molecule has 0 bridgehead atoms. The number of rotatable bonds is 2. The van der Waals surface area contributed by atoms with E-state index in [0.29, 0.717) is 5.69 Å². The van der Waals surface area contributed by atoms with Crippen molar-refractivity contribution in [2.24, 2.45) is 5.84 Å². The maximum absolute atomic E-state index is 10.4. The molecule has 0 aliphatic heterocycles. The average molecular weight is 172 g/mol. The van der Waals surface area contributed by atoms with Crippen LogP contribution in [-0.2, 0) is 10.7 Å². The van der Waals surface area contributed by atoms with Gasteiger partial charge in [-0.1, -0.05) is 6.07 Å². The van der Waals surface area contributed by atoms with Crippen molar-refractivity contribution in [2.75, 3.05) is 5.43 Å². The number of nitrogen functional groups attached to an aromatic ring is 1. The van der Waals surface area contributed by atoms with Gasteiger partial charge >= 0.3 is 0 Å². The predicted molar refractivity (Wildman–Crippen MR) is 42.8 cm³/mol. The van der Waals surface area contributed by atoms with Crippen LogP contribution in [0.15, 0.2) is 29.2 Å². The third kappa shape index (κ3) is 1.92. The molecule has 5 heteroatoms. The third-order valence-electron chi connectivity index (χ3n) is 1.22. The van der Waals surface area contributed by atoms with Crippen molar-refractivity contribution in [1.82, 2.24) is 0 Å². The van der Waals surface area contributed by atoms with Crippen molar-refractivity contribution in [1.29, 1.82) is 0 Å². The first-order chi connectivity index (χ1) is 5.24. The molecule has 0 fully saturated rings. The van der Waals surface area contributed by atoms with Crippen molar-refractivity contribution in [3.8, 4) is 0 Å². The number of hydrazine groups is 1. The first-order valence-corrected chi connectivity index (χ1v) is 4.13. The topological polar surface area (TPSA) is 72.2 Å². The Labute approximate surface area is 65.9 Å². The highest BCUT2D eigenvalue weighted by Crippen LogP contribution is 2.09. The van der Waals surface area contributed by atoms with E-state index in [9.17, 15) is 8.42 Å². The van der Waals surface area contributed by atoms with Gasteiger partial charge in [-0.3, -0.25) is 5.84 Å². The van der Waals surface area contributed by atoms with E-state index in [2.05, 4.69) is 5.43 Å². The van der Waals surface area contributed by atoms with Crippen LogP contribution in [0.2, 0.25) is 0 Å². The highest BCUT2D eigenvalue weighted by molar-refractivity contribution is 7.72. The number of nitrogens with two attached hydrogens (primary N) is 1. The second kappa shape index (κ2) is 3.36. The average Bonchev–Trinajstić information content (AvgIpc) is 2.05. The van der Waals surface area contributed by atoms with Crippen molar-refractivity contribution < 1.29 is 8.42 Å². The Hall–Kier alpha value is -1.07. The lowest BCUT2D eigenvalue weighted by Gasteiger charge is -1.97. The number of hydrogen-bond donors (Lipinski definition) is 3. The smallest absolute Gasteiger partial charge is 0.168 e. The summed E-state index contributed by atoms with van der Waals surface area (Å²) in [6.45, 7) is 0. The lowest BCUT2D eigenvalue weighted by Crippen LogP contribution is -2.06. The molecule has 0 aliphatic carbocycles. The molecule has 1 rings (SSSR count). The molecule has 11 heavy (non-hydrogen) atoms. The fourth-order valence-electron chi connectivity index (χ4n) is 0.709. The third-order valence-corrected chi connectivity index (χ3v) is 1.92. The zero-order valence-electron chi connectivity index (χ0n) is 5.65. The SMILES string of the molecule is NNc1cccc([SH](=O)=O)c1. The summed E-state index contributed by atoms with van der Waals surface area (Å²) in [5, 5.41) is 0. The number of thiol groups is 1. The minimum absolute atomic E-state index is 0.260. The van der Waals surface area contributed by atoms with E-state index in [1.807, 2.05) is 0 Å². The normalized spacial score (nSPS) is 10.0. The monoisotopic (exact) mass is 172 g/mol. The van der Waals surface area contributed by atoms with Crippen molar-refractivity contribution in [3.63, 3.8) is 0 Å². The Balaban J connectivity index is 3.10. The van der Waals surface area contributed by atoms with Gasteiger partial charge in [0, 0.05) is 5.69 Å². The Kier molecular flexibility index (Phi) is 2.45. The van der Waals surface area contributed by atoms with Gasteiger partial charge in [-0.25, -0.2) is 8.42 Å². The second-order valence-electron chi connectivity index (χ2n) is 1.95. The largest absolute Gasteiger partial charge is 0.324 e. The van der Waals surface area contributed by atoms with Gasteiger partial charge in [-0.15, -0.1) is 0 Å². The molecule has 0 atom stereocenters. The van der Waals surface area contributed by atoms with Crippen LogP contribution < -0.4 is 11.3 Å². The summed E-state index contributed by atoms with van der Waals surface area (Å²) in [6, 6.07) is 6.27. The molecule has 0 saturated heterocycles. The van der Waals surface area contributed by atoms with Gasteiger partial charge in [0.05, 0.1) is 4.90 Å². The fourth-order valence-corrected chi connectivity index (χ4v) is 1.16. The van der Waals surface area contributed by atoms with Crippen LogP contribution in [0.25, 0.3) is 0 Å². The molecule has 4 nitrogen and oxygen atoms in total. The predicted octanol–water partition coefficient (Wildman–Crippen LogP) is -0.0575. The number of nitrogens with one attached hydrogen (secondary N) is 1. The Morgan fingerprint density at radius 2 is 2.09 bits per heavy atom. The number of hydrogen-bond acceptors (Lipinski definition) is 4. The summed E-state index contributed by atoms with van der Waals surface area (Å²) < 4.78 is 20.9. The van der Waals surface area contributed by atoms with Crippen molar-refractivity contribution in [3.05, 3.63) is 24.3 Å². The van der Waals surface area contributed by atoms with Gasteiger partial charge in [0.15, 0.2) is 10.7 Å². The van der Waals surface area contributed by atoms with Gasteiger partial charge in [0.1, 0.15) is 0 Å². The summed E-state index contributed by atoms with van der Waals surface area (Å²) in [5.41, 5.74) is 2.94. The molecule has 0 radical (unpaired) electrons. The molecule has 0 aliphatic rings. The molecule has 0 spiro atoms. The van der Waals surface area contributed by atoms with Gasteiger partial charge < -0.3 is 5.43 Å². The molecule has 0 amide bonds. The van der Waals surface area contributed by atoms with E-state index in [1.54, 1.807) is 12.1 Å². The first-order valence-electron chi connectivity index (χ1n) is 2.95. The minimum Gasteiger partial charge on any atom is -0.324 e. The molecule has 0 heterocycles. The van der Waals surface area contributed by atoms with Gasteiger partial charge in [0.25, 0.3) is 0 Å². The number of anilines is 1. The highest BCUT2D eigenvalue weighted by atomic mass is 32.2. The quantitative estimate of drug-likeness (QED) is 0.332. The van der Waals surface area contributed by atoms with Crippen LogP contribution in [0, 0.1) is 0 Å². The molecule has 0 unspecified atom stereocenters. The zero-order valence-corrected chi connectivity index (χ0v) is 6.54. The highest BCUT2D eigenvalue weighted by Gasteiger charge is 1.94. The number of benzene rings is 1. The van der Waals surface area contributed by atoms with Crippen LogP contribution in [0.4, 0.5) is 5.69 Å². The Morgan fingerprint density at radius 3 is 2.64 bits per heavy atom. The van der Waals surface area contributed by atoms with Crippen molar-refractivity contribution in [2.45, 2.75) is 4.90 Å². The zero-order chi connectivity index (χ0) is 8.27. The maximum atomic E-state index is 10.4. The van der Waals surface area contributed by atoms with Crippen LogP contribution in [0.5, 0.6) is 0 Å². The standard InChI is InChI=1S/C6H8N2O2S/c7-8-5-2-1-3-6(4-5)11(9)10/h1-4,8,11H,7H2. The van der Waals surface area contributed by atoms with E-state index in [1.165, 1.54) is 12.1 Å². The van der Waals surface area contributed by atoms with Crippen LogP contribution >= 0.6 is 0 Å². The summed E-state index contributed by atoms with van der Waals surface area (Å²) in [7, 11) is -2.51. The molecular formula is C6H8N2O2S. The van der Waals surface area contributed by atoms with Crippen LogP contribution in [0.1, 0.15) is 0 Å². The van der Waals surface area contributed by atoms with Gasteiger partial charge in [0.2, 0.25) is 0 Å². The maximum Gasteiger partial charge on any atom is 0.168 e. The summed E-state index contributed by atoms with van der Waals surface area (Å²) in [4.78, 5) is 0.260. The van der Waals surface area contributed by atoms with E-state index < -0.39 is 10.7 Å². The molecule has 0 aromatic heterocycles. The molecule has 3 N–H and O–H groups in total. The molecule has 1 aromatic carbocycles. The van der Waals surface area contributed by atoms with Crippen LogP contribution in [-0.4, -0.2) is 8.42 Å². The summed E-state index contributed by atoms with van der Waals surface area (Å²) in [6.07, 6.45) is 0. The van der Waals surface area contributed by atoms with Crippen LogP contribution in [0.3, 0.4) is 0 Å². The Morgan fingerprint density at radius 1 is 1.36 bits per heavy atom.